The highest BCUT2D eigenvalue weighted by molar-refractivity contribution is 6.05. The zero-order valence-corrected chi connectivity index (χ0v) is 28.1. The molecule has 242 valence electrons. The van der Waals surface area contributed by atoms with E-state index in [9.17, 15) is 0 Å². The lowest BCUT2D eigenvalue weighted by Crippen LogP contribution is -2.01. The molecule has 0 bridgehead atoms. The highest BCUT2D eigenvalue weighted by atomic mass is 14.9. The molecule has 8 aromatic rings. The average molecular weight is 656 g/mol. The Morgan fingerprint density at radius 1 is 0.549 bits per heavy atom. The third-order valence-electron chi connectivity index (χ3n) is 9.66. The average Bonchev–Trinajstić information content (AvgIpc) is 3.21. The zero-order chi connectivity index (χ0) is 34.1. The Morgan fingerprint density at radius 3 is 1.94 bits per heavy atom. The van der Waals surface area contributed by atoms with E-state index in [1.807, 2.05) is 60.8 Å². The highest BCUT2D eigenvalue weighted by Gasteiger charge is 2.17. The molecule has 1 unspecified atom stereocenters. The van der Waals surface area contributed by atoms with Crippen molar-refractivity contribution in [2.75, 3.05) is 0 Å². The van der Waals surface area contributed by atoms with Gasteiger partial charge in [-0.2, -0.15) is 0 Å². The SMILES string of the molecule is Cc1cc(C2=CCC(c3ccc(-c4nc(-c5ccccc5)cc(-c5cccnc5)n4)cc3)C=C2)nc2c1ccc1ccc(-c3ccccc3)nc12. The lowest BCUT2D eigenvalue weighted by Gasteiger charge is -2.18. The number of rotatable bonds is 6. The van der Waals surface area contributed by atoms with Gasteiger partial charge in [0.2, 0.25) is 0 Å². The molecule has 5 heteroatoms. The molecule has 9 rings (SSSR count). The quantitative estimate of drug-likeness (QED) is 0.167. The molecule has 0 fully saturated rings. The minimum Gasteiger partial charge on any atom is -0.264 e. The minimum absolute atomic E-state index is 0.266. The largest absolute Gasteiger partial charge is 0.264 e. The summed E-state index contributed by atoms with van der Waals surface area (Å²) in [5, 5.41) is 2.22. The molecule has 0 radical (unpaired) electrons. The van der Waals surface area contributed by atoms with Crippen LogP contribution in [-0.2, 0) is 0 Å². The Kier molecular flexibility index (Phi) is 7.78. The van der Waals surface area contributed by atoms with Crippen molar-refractivity contribution in [3.63, 3.8) is 0 Å². The minimum atomic E-state index is 0.266. The van der Waals surface area contributed by atoms with Crippen LogP contribution in [0.1, 0.15) is 29.2 Å². The topological polar surface area (TPSA) is 64.5 Å². The fraction of sp³-hybridized carbons (Fsp3) is 0.0652. The van der Waals surface area contributed by atoms with E-state index >= 15 is 0 Å². The van der Waals surface area contributed by atoms with Crippen molar-refractivity contribution in [3.8, 4) is 45.2 Å². The molecular weight excluding hydrogens is 623 g/mol. The van der Waals surface area contributed by atoms with Crippen molar-refractivity contribution < 1.29 is 0 Å². The summed E-state index contributed by atoms with van der Waals surface area (Å²) in [6.07, 6.45) is 11.3. The van der Waals surface area contributed by atoms with Crippen LogP contribution in [0.4, 0.5) is 0 Å². The summed E-state index contributed by atoms with van der Waals surface area (Å²) >= 11 is 0. The van der Waals surface area contributed by atoms with E-state index < -0.39 is 0 Å². The summed E-state index contributed by atoms with van der Waals surface area (Å²) in [5.74, 6) is 0.960. The maximum atomic E-state index is 5.22. The molecule has 0 spiro atoms. The molecule has 51 heavy (non-hydrogen) atoms. The van der Waals surface area contributed by atoms with Crippen molar-refractivity contribution in [1.82, 2.24) is 24.9 Å². The molecule has 0 saturated carbocycles. The molecule has 1 aliphatic carbocycles. The smallest absolute Gasteiger partial charge is 0.160 e. The van der Waals surface area contributed by atoms with E-state index in [1.165, 1.54) is 11.1 Å². The highest BCUT2D eigenvalue weighted by Crippen LogP contribution is 2.35. The van der Waals surface area contributed by atoms with Gasteiger partial charge in [-0.1, -0.05) is 121 Å². The first kappa shape index (κ1) is 30.5. The Balaban J connectivity index is 0.998. The van der Waals surface area contributed by atoms with Gasteiger partial charge < -0.3 is 0 Å². The van der Waals surface area contributed by atoms with Crippen LogP contribution in [0.3, 0.4) is 0 Å². The van der Waals surface area contributed by atoms with Gasteiger partial charge in [0, 0.05) is 51.3 Å². The molecule has 0 saturated heterocycles. The van der Waals surface area contributed by atoms with Gasteiger partial charge in [0.15, 0.2) is 5.82 Å². The van der Waals surface area contributed by atoms with Crippen LogP contribution in [0.15, 0.2) is 164 Å². The number of aromatic nitrogens is 5. The van der Waals surface area contributed by atoms with Gasteiger partial charge in [-0.15, -0.1) is 0 Å². The fourth-order valence-corrected chi connectivity index (χ4v) is 6.89. The molecule has 4 aromatic carbocycles. The lowest BCUT2D eigenvalue weighted by atomic mass is 9.88. The summed E-state index contributed by atoms with van der Waals surface area (Å²) in [6.45, 7) is 2.16. The normalized spacial score (nSPS) is 14.1. The van der Waals surface area contributed by atoms with E-state index in [0.29, 0.717) is 5.82 Å². The predicted molar refractivity (Wildman–Crippen MR) is 208 cm³/mol. The van der Waals surface area contributed by atoms with Gasteiger partial charge in [0.1, 0.15) is 0 Å². The van der Waals surface area contributed by atoms with E-state index in [0.717, 1.165) is 78.8 Å². The van der Waals surface area contributed by atoms with Crippen molar-refractivity contribution >= 4 is 27.4 Å². The maximum absolute atomic E-state index is 5.22. The van der Waals surface area contributed by atoms with Crippen LogP contribution in [0.25, 0.3) is 72.5 Å². The Labute approximate surface area is 296 Å². The predicted octanol–water partition coefficient (Wildman–Crippen LogP) is 11.1. The van der Waals surface area contributed by atoms with Crippen LogP contribution in [0.5, 0.6) is 0 Å². The first-order valence-corrected chi connectivity index (χ1v) is 17.3. The molecule has 4 heterocycles. The fourth-order valence-electron chi connectivity index (χ4n) is 6.89. The van der Waals surface area contributed by atoms with Crippen LogP contribution < -0.4 is 0 Å². The van der Waals surface area contributed by atoms with Crippen molar-refractivity contribution in [2.24, 2.45) is 0 Å². The number of hydrogen-bond donors (Lipinski definition) is 0. The van der Waals surface area contributed by atoms with Gasteiger partial charge >= 0.3 is 0 Å². The molecule has 4 aromatic heterocycles. The molecule has 0 aliphatic heterocycles. The summed E-state index contributed by atoms with van der Waals surface area (Å²) in [7, 11) is 0. The number of benzene rings is 4. The molecule has 0 N–H and O–H groups in total. The van der Waals surface area contributed by atoms with Crippen molar-refractivity contribution in [2.45, 2.75) is 19.3 Å². The third kappa shape index (κ3) is 6.00. The van der Waals surface area contributed by atoms with Crippen LogP contribution in [0.2, 0.25) is 0 Å². The van der Waals surface area contributed by atoms with Gasteiger partial charge in [-0.05, 0) is 60.4 Å². The standard InChI is InChI=1S/C46H33N5/c1-30-27-41(49-45-39(30)24-22-36-23-25-40(48-44(36)45)33-9-4-2-5-10-33)35-18-14-31(15-19-35)32-16-20-37(21-17-32)46-50-42(34-11-6-3-7-12-34)28-43(51-46)38-13-8-26-47-29-38/h2-14,16-29,31H,15H2,1H3. The van der Waals surface area contributed by atoms with Crippen molar-refractivity contribution in [3.05, 3.63) is 181 Å². The summed E-state index contributed by atoms with van der Waals surface area (Å²) in [4.78, 5) is 24.6. The number of hydrogen-bond acceptors (Lipinski definition) is 5. The third-order valence-corrected chi connectivity index (χ3v) is 9.66. The second kappa shape index (κ2) is 13.0. The lowest BCUT2D eigenvalue weighted by molar-refractivity contribution is 0.856. The summed E-state index contributed by atoms with van der Waals surface area (Å²) in [6, 6.07) is 46.0. The number of aryl methyl sites for hydroxylation is 1. The molecule has 1 atom stereocenters. The molecule has 1 aliphatic rings. The Hall–Kier alpha value is -6.59. The van der Waals surface area contributed by atoms with Crippen LogP contribution in [0, 0.1) is 6.92 Å². The number of nitrogens with zero attached hydrogens (tertiary/aromatic N) is 5. The Morgan fingerprint density at radius 2 is 1.24 bits per heavy atom. The van der Waals surface area contributed by atoms with Crippen LogP contribution in [-0.4, -0.2) is 24.9 Å². The first-order valence-electron chi connectivity index (χ1n) is 17.3. The van der Waals surface area contributed by atoms with E-state index in [1.54, 1.807) is 6.20 Å². The van der Waals surface area contributed by atoms with E-state index in [2.05, 4.69) is 109 Å². The second-order valence-electron chi connectivity index (χ2n) is 13.0. The first-order chi connectivity index (χ1) is 25.2. The molecular formula is C46H33N5. The van der Waals surface area contributed by atoms with Gasteiger partial charge in [-0.25, -0.2) is 19.9 Å². The second-order valence-corrected chi connectivity index (χ2v) is 13.0. The molecule has 5 nitrogen and oxygen atoms in total. The zero-order valence-electron chi connectivity index (χ0n) is 28.1. The van der Waals surface area contributed by atoms with Crippen LogP contribution >= 0.6 is 0 Å². The number of fused-ring (bicyclic) bond motifs is 3. The maximum Gasteiger partial charge on any atom is 0.160 e. The molecule has 0 amide bonds. The summed E-state index contributed by atoms with van der Waals surface area (Å²) < 4.78 is 0. The number of allylic oxidation sites excluding steroid dienone is 4. The van der Waals surface area contributed by atoms with Gasteiger partial charge in [0.05, 0.1) is 33.8 Å². The van der Waals surface area contributed by atoms with E-state index in [4.69, 9.17) is 19.9 Å². The van der Waals surface area contributed by atoms with Crippen molar-refractivity contribution in [1.29, 1.82) is 0 Å². The monoisotopic (exact) mass is 655 g/mol. The summed E-state index contributed by atoms with van der Waals surface area (Å²) in [5.41, 5.74) is 13.2. The Bertz CT molecular complexity index is 2540. The van der Waals surface area contributed by atoms with Gasteiger partial charge in [-0.3, -0.25) is 4.98 Å². The van der Waals surface area contributed by atoms with Gasteiger partial charge in [0.25, 0.3) is 0 Å². The van der Waals surface area contributed by atoms with E-state index in [-0.39, 0.29) is 5.92 Å². The number of pyridine rings is 3.